The molecule has 3 nitrogen and oxygen atoms in total. The number of halogens is 1. The van der Waals surface area contributed by atoms with Crippen LogP contribution in [0.2, 0.25) is 0 Å². The van der Waals surface area contributed by atoms with Gasteiger partial charge in [-0.05, 0) is 109 Å². The lowest BCUT2D eigenvalue weighted by Crippen LogP contribution is -2.55. The summed E-state index contributed by atoms with van der Waals surface area (Å²) in [6, 6.07) is 9.63. The zero-order chi connectivity index (χ0) is 24.1. The van der Waals surface area contributed by atoms with Crippen molar-refractivity contribution >= 4 is 10.8 Å². The number of allylic oxidation sites excluding steroid dienone is 1. The van der Waals surface area contributed by atoms with Gasteiger partial charge in [-0.1, -0.05) is 31.2 Å². The number of hydrogen-bond donors (Lipinski definition) is 0. The van der Waals surface area contributed by atoms with Crippen molar-refractivity contribution in [2.75, 3.05) is 13.1 Å². The molecule has 8 rings (SSSR count). The summed E-state index contributed by atoms with van der Waals surface area (Å²) >= 11 is 0. The topological polar surface area (TPSA) is 25.4 Å². The van der Waals surface area contributed by atoms with Gasteiger partial charge in [0.25, 0.3) is 0 Å². The van der Waals surface area contributed by atoms with Gasteiger partial charge in [-0.3, -0.25) is 9.88 Å². The maximum Gasteiger partial charge on any atom is 0.114 e. The Balaban J connectivity index is 1.14. The molecule has 0 radical (unpaired) electrons. The number of nitrogens with zero attached hydrogens (tertiary/aromatic N) is 2. The third-order valence-electron chi connectivity index (χ3n) is 11.4. The molecule has 2 spiro atoms. The fourth-order valence-electron chi connectivity index (χ4n) is 9.64. The van der Waals surface area contributed by atoms with Crippen molar-refractivity contribution in [2.24, 2.45) is 11.3 Å². The second-order valence-corrected chi connectivity index (χ2v) is 13.0. The molecule has 2 saturated heterocycles. The fraction of sp³-hybridized carbons (Fsp3) is 0.594. The first kappa shape index (κ1) is 22.0. The number of pyridine rings is 1. The average Bonchev–Trinajstić information content (AvgIpc) is 3.57. The Hall–Kier alpha value is -2.04. The summed E-state index contributed by atoms with van der Waals surface area (Å²) in [5.74, 6) is 1.11. The average molecular weight is 485 g/mol. The largest absolute Gasteiger partial charge is 0.359 e. The highest BCUT2D eigenvalue weighted by Gasteiger charge is 2.66. The van der Waals surface area contributed by atoms with Crippen LogP contribution in [-0.2, 0) is 4.74 Å². The SMILES string of the molecule is C[C@]12CC=C3C=C4CC[C@@H](N5CC[C@H](F)C5)CC45CC[C@]3(O5)[C@@H]1CC[C@@H]2c1ccc2ccncc2c1. The van der Waals surface area contributed by atoms with Gasteiger partial charge in [-0.25, -0.2) is 4.39 Å². The molecule has 3 aliphatic heterocycles. The van der Waals surface area contributed by atoms with Crippen LogP contribution in [0.4, 0.5) is 4.39 Å². The molecule has 3 aliphatic carbocycles. The number of alkyl halides is 1. The van der Waals surface area contributed by atoms with Gasteiger partial charge in [-0.15, -0.1) is 0 Å². The van der Waals surface area contributed by atoms with Gasteiger partial charge < -0.3 is 4.74 Å². The Kier molecular flexibility index (Phi) is 4.59. The Morgan fingerprint density at radius 3 is 2.92 bits per heavy atom. The highest BCUT2D eigenvalue weighted by molar-refractivity contribution is 5.82. The summed E-state index contributed by atoms with van der Waals surface area (Å²) in [5, 5.41) is 2.52. The van der Waals surface area contributed by atoms with E-state index < -0.39 is 6.17 Å². The van der Waals surface area contributed by atoms with E-state index in [1.165, 1.54) is 40.3 Å². The van der Waals surface area contributed by atoms with E-state index in [0.717, 1.165) is 45.1 Å². The number of benzene rings is 1. The predicted octanol–water partition coefficient (Wildman–Crippen LogP) is 6.89. The molecule has 188 valence electrons. The van der Waals surface area contributed by atoms with Gasteiger partial charge in [0.1, 0.15) is 6.17 Å². The predicted molar refractivity (Wildman–Crippen MR) is 141 cm³/mol. The van der Waals surface area contributed by atoms with Crippen LogP contribution in [0.15, 0.2) is 60.0 Å². The van der Waals surface area contributed by atoms with Gasteiger partial charge in [0.2, 0.25) is 0 Å². The Labute approximate surface area is 213 Å². The van der Waals surface area contributed by atoms with Crippen LogP contribution in [0.25, 0.3) is 10.8 Å². The number of fused-ring (bicyclic) bond motifs is 2. The molecule has 2 bridgehead atoms. The number of likely N-dealkylation sites (tertiary alicyclic amines) is 1. The Morgan fingerprint density at radius 2 is 2.03 bits per heavy atom. The first-order valence-corrected chi connectivity index (χ1v) is 14.3. The van der Waals surface area contributed by atoms with Crippen molar-refractivity contribution in [1.29, 1.82) is 0 Å². The van der Waals surface area contributed by atoms with Gasteiger partial charge >= 0.3 is 0 Å². The molecule has 4 fully saturated rings. The molecule has 4 heteroatoms. The van der Waals surface area contributed by atoms with Gasteiger partial charge in [0, 0.05) is 36.9 Å². The second-order valence-electron chi connectivity index (χ2n) is 13.0. The van der Waals surface area contributed by atoms with Crippen LogP contribution < -0.4 is 0 Å². The van der Waals surface area contributed by atoms with E-state index in [-0.39, 0.29) is 16.6 Å². The molecular formula is C32H37FN2O. The van der Waals surface area contributed by atoms with E-state index >= 15 is 0 Å². The zero-order valence-corrected chi connectivity index (χ0v) is 21.4. The number of rotatable bonds is 2. The van der Waals surface area contributed by atoms with Crippen LogP contribution >= 0.6 is 0 Å². The Bertz CT molecular complexity index is 1300. The third-order valence-corrected chi connectivity index (χ3v) is 11.4. The van der Waals surface area contributed by atoms with E-state index in [0.29, 0.717) is 30.8 Å². The number of hydrogen-bond acceptors (Lipinski definition) is 3. The Morgan fingerprint density at radius 1 is 1.08 bits per heavy atom. The molecule has 0 N–H and O–H groups in total. The van der Waals surface area contributed by atoms with E-state index in [4.69, 9.17) is 4.74 Å². The van der Waals surface area contributed by atoms with Crippen LogP contribution in [0.5, 0.6) is 0 Å². The first-order chi connectivity index (χ1) is 17.5. The van der Waals surface area contributed by atoms with Gasteiger partial charge in [0.05, 0.1) is 11.2 Å². The molecule has 36 heavy (non-hydrogen) atoms. The van der Waals surface area contributed by atoms with E-state index in [9.17, 15) is 4.39 Å². The van der Waals surface area contributed by atoms with Gasteiger partial charge in [-0.2, -0.15) is 0 Å². The summed E-state index contributed by atoms with van der Waals surface area (Å²) in [6.45, 7) is 4.09. The molecule has 1 aromatic heterocycles. The van der Waals surface area contributed by atoms with E-state index in [2.05, 4.69) is 53.2 Å². The van der Waals surface area contributed by atoms with Crippen molar-refractivity contribution in [3.05, 3.63) is 65.5 Å². The first-order valence-electron chi connectivity index (χ1n) is 14.3. The smallest absolute Gasteiger partial charge is 0.114 e. The summed E-state index contributed by atoms with van der Waals surface area (Å²) in [6.07, 6.45) is 18.3. The van der Waals surface area contributed by atoms with E-state index in [1.54, 1.807) is 0 Å². The number of aromatic nitrogens is 1. The molecule has 2 aromatic rings. The zero-order valence-electron chi connectivity index (χ0n) is 21.4. The molecule has 4 heterocycles. The van der Waals surface area contributed by atoms with Gasteiger partial charge in [0.15, 0.2) is 0 Å². The molecule has 6 aliphatic rings. The fourth-order valence-corrected chi connectivity index (χ4v) is 9.64. The molecule has 0 amide bonds. The molecule has 1 aromatic carbocycles. The summed E-state index contributed by atoms with van der Waals surface area (Å²) in [7, 11) is 0. The van der Waals surface area contributed by atoms with Crippen molar-refractivity contribution in [2.45, 2.75) is 94.0 Å². The normalized spacial score (nSPS) is 43.6. The lowest BCUT2D eigenvalue weighted by molar-refractivity contribution is -0.140. The van der Waals surface area contributed by atoms with Crippen LogP contribution in [-0.4, -0.2) is 46.4 Å². The maximum atomic E-state index is 14.0. The highest BCUT2D eigenvalue weighted by atomic mass is 19.1. The van der Waals surface area contributed by atoms with Crippen molar-refractivity contribution in [1.82, 2.24) is 9.88 Å². The molecule has 1 unspecified atom stereocenters. The van der Waals surface area contributed by atoms with Crippen LogP contribution in [0.3, 0.4) is 0 Å². The lowest BCUT2D eigenvalue weighted by Gasteiger charge is -2.55. The minimum atomic E-state index is -0.642. The maximum absolute atomic E-state index is 14.0. The van der Waals surface area contributed by atoms with Crippen molar-refractivity contribution in [3.63, 3.8) is 0 Å². The van der Waals surface area contributed by atoms with Crippen LogP contribution in [0.1, 0.15) is 76.2 Å². The number of ether oxygens (including phenoxy) is 1. The lowest BCUT2D eigenvalue weighted by atomic mass is 9.58. The molecular weight excluding hydrogens is 447 g/mol. The standard InChI is InChI=1S/C32H37FN2O/c1-30-11-8-25-17-24-4-5-27(35-15-10-26(33)20-35)18-31(24)12-13-32(25,36-31)29(30)7-6-28(30)22-3-2-21-9-14-34-19-23(21)16-22/h2-3,8-9,14,16-17,19,26-29H,4-7,10-13,15,18,20H2,1H3/t26-,27+,28+,29+,30+,31?,32+/m0/s1. The minimum Gasteiger partial charge on any atom is -0.359 e. The second kappa shape index (κ2) is 7.51. The third kappa shape index (κ3) is 2.89. The molecule has 7 atom stereocenters. The van der Waals surface area contributed by atoms with E-state index in [1.807, 2.05) is 12.4 Å². The molecule has 2 saturated carbocycles. The quantitative estimate of drug-likeness (QED) is 0.464. The highest BCUT2D eigenvalue weighted by Crippen LogP contribution is 2.69. The van der Waals surface area contributed by atoms with Crippen molar-refractivity contribution < 1.29 is 9.13 Å². The minimum absolute atomic E-state index is 0.111. The summed E-state index contributed by atoms with van der Waals surface area (Å²) in [5.41, 5.74) is 4.47. The summed E-state index contributed by atoms with van der Waals surface area (Å²) < 4.78 is 21.5. The van der Waals surface area contributed by atoms with Crippen molar-refractivity contribution in [3.8, 4) is 0 Å². The monoisotopic (exact) mass is 484 g/mol. The summed E-state index contributed by atoms with van der Waals surface area (Å²) in [4.78, 5) is 6.81. The van der Waals surface area contributed by atoms with Crippen LogP contribution in [0, 0.1) is 11.3 Å².